The van der Waals surface area contributed by atoms with Crippen LogP contribution in [0, 0.1) is 5.92 Å². The van der Waals surface area contributed by atoms with Crippen molar-refractivity contribution in [3.05, 3.63) is 18.0 Å². The Morgan fingerprint density at radius 3 is 2.88 bits per heavy atom. The molecule has 90 valence electrons. The predicted octanol–water partition coefficient (Wildman–Crippen LogP) is 0.740. The number of rotatable bonds is 6. The Morgan fingerprint density at radius 1 is 1.69 bits per heavy atom. The fourth-order valence-electron chi connectivity index (χ4n) is 2.16. The van der Waals surface area contributed by atoms with Crippen LogP contribution in [-0.2, 0) is 11.8 Å². The summed E-state index contributed by atoms with van der Waals surface area (Å²) in [5.41, 5.74) is 3.94. The van der Waals surface area contributed by atoms with Crippen molar-refractivity contribution >= 4 is 0 Å². The molecule has 0 aliphatic heterocycles. The second-order valence-electron chi connectivity index (χ2n) is 4.28. The van der Waals surface area contributed by atoms with Crippen LogP contribution in [0.15, 0.2) is 12.3 Å². The first-order valence-corrected chi connectivity index (χ1v) is 5.83. The third-order valence-electron chi connectivity index (χ3n) is 3.13. The highest BCUT2D eigenvalue weighted by molar-refractivity contribution is 5.10. The van der Waals surface area contributed by atoms with Crippen LogP contribution < -0.4 is 11.3 Å². The van der Waals surface area contributed by atoms with E-state index in [9.17, 15) is 0 Å². The molecule has 1 aromatic rings. The van der Waals surface area contributed by atoms with E-state index in [1.165, 1.54) is 12.8 Å². The van der Waals surface area contributed by atoms with Crippen LogP contribution in [-0.4, -0.2) is 22.5 Å². The maximum Gasteiger partial charge on any atom is 0.0892 e. The Hall–Kier alpha value is -0.910. The van der Waals surface area contributed by atoms with Gasteiger partial charge in [-0.3, -0.25) is 10.5 Å². The molecule has 5 nitrogen and oxygen atoms in total. The van der Waals surface area contributed by atoms with Gasteiger partial charge in [0, 0.05) is 19.9 Å². The molecule has 1 fully saturated rings. The standard InChI is InChI=1S/C11H20N4O/c1-3-16-11(8-4-5-8)10(14-12)9-6-7-13-15(9)2/h6-8,10-11,14H,3-5,12H2,1-2H3. The molecule has 1 saturated carbocycles. The highest BCUT2D eigenvalue weighted by Gasteiger charge is 2.38. The van der Waals surface area contributed by atoms with Gasteiger partial charge in [0.05, 0.1) is 17.8 Å². The first-order valence-electron chi connectivity index (χ1n) is 5.83. The second kappa shape index (κ2) is 4.95. The summed E-state index contributed by atoms with van der Waals surface area (Å²) in [6.45, 7) is 2.74. The molecule has 3 N–H and O–H groups in total. The number of ether oxygens (including phenoxy) is 1. The number of nitrogens with two attached hydrogens (primary N) is 1. The minimum Gasteiger partial charge on any atom is -0.376 e. The van der Waals surface area contributed by atoms with Gasteiger partial charge in [-0.2, -0.15) is 5.10 Å². The monoisotopic (exact) mass is 224 g/mol. The number of hydrogen-bond acceptors (Lipinski definition) is 4. The summed E-state index contributed by atoms with van der Waals surface area (Å²) >= 11 is 0. The Kier molecular flexibility index (Phi) is 3.58. The lowest BCUT2D eigenvalue weighted by Crippen LogP contribution is -2.40. The zero-order chi connectivity index (χ0) is 11.5. The van der Waals surface area contributed by atoms with Crippen LogP contribution >= 0.6 is 0 Å². The van der Waals surface area contributed by atoms with Crippen LogP contribution in [0.2, 0.25) is 0 Å². The van der Waals surface area contributed by atoms with Crippen molar-refractivity contribution in [2.45, 2.75) is 31.9 Å². The summed E-state index contributed by atoms with van der Waals surface area (Å²) in [5, 5.41) is 4.17. The van der Waals surface area contributed by atoms with E-state index in [1.807, 2.05) is 24.7 Å². The second-order valence-corrected chi connectivity index (χ2v) is 4.28. The summed E-state index contributed by atoms with van der Waals surface area (Å²) in [6, 6.07) is 2.01. The van der Waals surface area contributed by atoms with Crippen LogP contribution in [0.1, 0.15) is 31.5 Å². The molecule has 0 aromatic carbocycles. The molecule has 0 spiro atoms. The molecule has 0 bridgehead atoms. The Labute approximate surface area is 95.9 Å². The molecule has 1 aliphatic rings. The van der Waals surface area contributed by atoms with Crippen molar-refractivity contribution in [1.82, 2.24) is 15.2 Å². The van der Waals surface area contributed by atoms with Gasteiger partial charge in [0.1, 0.15) is 0 Å². The van der Waals surface area contributed by atoms with Crippen molar-refractivity contribution in [2.24, 2.45) is 18.8 Å². The van der Waals surface area contributed by atoms with E-state index in [0.717, 1.165) is 12.3 Å². The third kappa shape index (κ3) is 2.26. The first kappa shape index (κ1) is 11.6. The SMILES string of the molecule is CCOC(C1CC1)C(NN)c1ccnn1C. The Balaban J connectivity index is 2.16. The Morgan fingerprint density at radius 2 is 2.44 bits per heavy atom. The number of aryl methyl sites for hydroxylation is 1. The lowest BCUT2D eigenvalue weighted by molar-refractivity contribution is 0.0165. The van der Waals surface area contributed by atoms with Gasteiger partial charge < -0.3 is 4.74 Å². The van der Waals surface area contributed by atoms with Crippen molar-refractivity contribution in [2.75, 3.05) is 6.61 Å². The van der Waals surface area contributed by atoms with Gasteiger partial charge in [-0.15, -0.1) is 0 Å². The average Bonchev–Trinajstić information content (AvgIpc) is 3.03. The molecule has 1 heterocycles. The molecular weight excluding hydrogens is 204 g/mol. The number of nitrogens with zero attached hydrogens (tertiary/aromatic N) is 2. The van der Waals surface area contributed by atoms with E-state index >= 15 is 0 Å². The summed E-state index contributed by atoms with van der Waals surface area (Å²) in [7, 11) is 1.93. The van der Waals surface area contributed by atoms with Gasteiger partial charge in [-0.25, -0.2) is 5.43 Å². The zero-order valence-electron chi connectivity index (χ0n) is 9.89. The van der Waals surface area contributed by atoms with Crippen molar-refractivity contribution in [3.63, 3.8) is 0 Å². The van der Waals surface area contributed by atoms with Crippen LogP contribution in [0.5, 0.6) is 0 Å². The maximum absolute atomic E-state index is 5.81. The summed E-state index contributed by atoms with van der Waals surface area (Å²) in [5.74, 6) is 6.29. The first-order chi connectivity index (χ1) is 7.77. The molecule has 0 radical (unpaired) electrons. The summed E-state index contributed by atoms with van der Waals surface area (Å²) in [6.07, 6.45) is 4.42. The maximum atomic E-state index is 5.81. The largest absolute Gasteiger partial charge is 0.376 e. The fraction of sp³-hybridized carbons (Fsp3) is 0.727. The van der Waals surface area contributed by atoms with E-state index in [1.54, 1.807) is 6.20 Å². The molecule has 0 amide bonds. The molecule has 2 unspecified atom stereocenters. The van der Waals surface area contributed by atoms with E-state index in [4.69, 9.17) is 10.6 Å². The van der Waals surface area contributed by atoms with Crippen LogP contribution in [0.25, 0.3) is 0 Å². The van der Waals surface area contributed by atoms with Gasteiger partial charge >= 0.3 is 0 Å². The normalized spacial score (nSPS) is 19.7. The highest BCUT2D eigenvalue weighted by atomic mass is 16.5. The number of hydrazine groups is 1. The lowest BCUT2D eigenvalue weighted by atomic mass is 10.0. The van der Waals surface area contributed by atoms with E-state index < -0.39 is 0 Å². The molecule has 1 aliphatic carbocycles. The van der Waals surface area contributed by atoms with E-state index in [2.05, 4.69) is 10.5 Å². The fourth-order valence-corrected chi connectivity index (χ4v) is 2.16. The summed E-state index contributed by atoms with van der Waals surface area (Å²) in [4.78, 5) is 0. The Bertz CT molecular complexity index is 334. The molecule has 2 rings (SSSR count). The molecule has 5 heteroatoms. The number of aromatic nitrogens is 2. The lowest BCUT2D eigenvalue weighted by Gasteiger charge is -2.26. The minimum atomic E-state index is 0.0277. The predicted molar refractivity (Wildman–Crippen MR) is 61.4 cm³/mol. The quantitative estimate of drug-likeness (QED) is 0.552. The van der Waals surface area contributed by atoms with E-state index in [0.29, 0.717) is 5.92 Å². The average molecular weight is 224 g/mol. The van der Waals surface area contributed by atoms with Gasteiger partial charge in [0.15, 0.2) is 0 Å². The van der Waals surface area contributed by atoms with Gasteiger partial charge in [-0.1, -0.05) is 0 Å². The van der Waals surface area contributed by atoms with Crippen molar-refractivity contribution in [3.8, 4) is 0 Å². The number of nitrogens with one attached hydrogen (secondary N) is 1. The highest BCUT2D eigenvalue weighted by Crippen LogP contribution is 2.39. The number of hydrogen-bond donors (Lipinski definition) is 2. The van der Waals surface area contributed by atoms with Crippen LogP contribution in [0.4, 0.5) is 0 Å². The van der Waals surface area contributed by atoms with Crippen molar-refractivity contribution in [1.29, 1.82) is 0 Å². The van der Waals surface area contributed by atoms with Crippen molar-refractivity contribution < 1.29 is 4.74 Å². The van der Waals surface area contributed by atoms with Gasteiger partial charge in [0.25, 0.3) is 0 Å². The van der Waals surface area contributed by atoms with Gasteiger partial charge in [-0.05, 0) is 31.7 Å². The third-order valence-corrected chi connectivity index (χ3v) is 3.13. The van der Waals surface area contributed by atoms with Gasteiger partial charge in [0.2, 0.25) is 0 Å². The summed E-state index contributed by atoms with van der Waals surface area (Å²) < 4.78 is 7.66. The minimum absolute atomic E-state index is 0.0277. The molecule has 2 atom stereocenters. The van der Waals surface area contributed by atoms with E-state index in [-0.39, 0.29) is 12.1 Å². The molecule has 1 aromatic heterocycles. The molecular formula is C11H20N4O. The molecule has 16 heavy (non-hydrogen) atoms. The smallest absolute Gasteiger partial charge is 0.0892 e. The molecule has 0 saturated heterocycles. The topological polar surface area (TPSA) is 65.1 Å². The zero-order valence-corrected chi connectivity index (χ0v) is 9.89. The van der Waals surface area contributed by atoms with Crippen LogP contribution in [0.3, 0.4) is 0 Å².